The molecule has 1 aromatic rings. The number of carbonyl (C=O) groups is 1. The van der Waals surface area contributed by atoms with Gasteiger partial charge in [0.25, 0.3) is 0 Å². The molecule has 0 radical (unpaired) electrons. The smallest absolute Gasteiger partial charge is 0.339 e. The maximum Gasteiger partial charge on any atom is 0.339 e. The quantitative estimate of drug-likeness (QED) is 0.878. The van der Waals surface area contributed by atoms with Crippen molar-refractivity contribution in [3.63, 3.8) is 0 Å². The van der Waals surface area contributed by atoms with Crippen molar-refractivity contribution in [1.82, 2.24) is 0 Å². The summed E-state index contributed by atoms with van der Waals surface area (Å²) in [4.78, 5) is 13.4. The third-order valence-electron chi connectivity index (χ3n) is 3.15. The van der Waals surface area contributed by atoms with Gasteiger partial charge in [-0.25, -0.2) is 4.79 Å². The number of benzene rings is 1. The standard InChI is InChI=1S/C13H16ClNO2/c14-10-6-5-7-11(12(10)13(16)17)15-8-3-1-2-4-9-15/h5-7H,1-4,8-9H2,(H,16,17). The molecule has 1 aliphatic heterocycles. The van der Waals surface area contributed by atoms with E-state index in [1.54, 1.807) is 6.07 Å². The number of nitrogens with zero attached hydrogens (tertiary/aromatic N) is 1. The van der Waals surface area contributed by atoms with Crippen LogP contribution in [-0.2, 0) is 0 Å². The highest BCUT2D eigenvalue weighted by atomic mass is 35.5. The van der Waals surface area contributed by atoms with Gasteiger partial charge in [0, 0.05) is 13.1 Å². The zero-order chi connectivity index (χ0) is 12.3. The Morgan fingerprint density at radius 1 is 1.18 bits per heavy atom. The van der Waals surface area contributed by atoms with Crippen LogP contribution in [0.1, 0.15) is 36.0 Å². The molecule has 0 amide bonds. The fourth-order valence-corrected chi connectivity index (χ4v) is 2.55. The number of aromatic carboxylic acids is 1. The van der Waals surface area contributed by atoms with E-state index in [1.807, 2.05) is 12.1 Å². The number of carboxylic acid groups (broad SMARTS) is 1. The van der Waals surface area contributed by atoms with Crippen molar-refractivity contribution in [2.24, 2.45) is 0 Å². The molecule has 0 spiro atoms. The zero-order valence-electron chi connectivity index (χ0n) is 9.66. The Morgan fingerprint density at radius 3 is 2.41 bits per heavy atom. The highest BCUT2D eigenvalue weighted by Gasteiger charge is 2.19. The Kier molecular flexibility index (Phi) is 3.89. The number of rotatable bonds is 2. The molecule has 4 heteroatoms. The fourth-order valence-electron chi connectivity index (χ4n) is 2.30. The van der Waals surface area contributed by atoms with Gasteiger partial charge in [0.2, 0.25) is 0 Å². The maximum absolute atomic E-state index is 11.3. The van der Waals surface area contributed by atoms with Crippen molar-refractivity contribution < 1.29 is 9.90 Å². The van der Waals surface area contributed by atoms with Gasteiger partial charge in [0.05, 0.1) is 10.7 Å². The molecule has 1 N–H and O–H groups in total. The lowest BCUT2D eigenvalue weighted by Crippen LogP contribution is -2.26. The largest absolute Gasteiger partial charge is 0.478 e. The van der Waals surface area contributed by atoms with E-state index in [0.29, 0.717) is 5.02 Å². The number of anilines is 1. The number of hydrogen-bond donors (Lipinski definition) is 1. The van der Waals surface area contributed by atoms with Gasteiger partial charge in [-0.3, -0.25) is 0 Å². The van der Waals surface area contributed by atoms with Gasteiger partial charge in [-0.2, -0.15) is 0 Å². The Hall–Kier alpha value is -1.22. The van der Waals surface area contributed by atoms with Gasteiger partial charge < -0.3 is 10.0 Å². The third kappa shape index (κ3) is 2.72. The predicted molar refractivity (Wildman–Crippen MR) is 69.1 cm³/mol. The first-order valence-electron chi connectivity index (χ1n) is 5.97. The number of hydrogen-bond acceptors (Lipinski definition) is 2. The topological polar surface area (TPSA) is 40.5 Å². The molecule has 3 nitrogen and oxygen atoms in total. The molecule has 92 valence electrons. The van der Waals surface area contributed by atoms with Gasteiger partial charge >= 0.3 is 5.97 Å². The summed E-state index contributed by atoms with van der Waals surface area (Å²) in [5.41, 5.74) is 0.989. The van der Waals surface area contributed by atoms with Gasteiger partial charge in [0.1, 0.15) is 5.56 Å². The molecule has 0 saturated carbocycles. The Bertz CT molecular complexity index is 412. The van der Waals surface area contributed by atoms with Gasteiger partial charge in [-0.15, -0.1) is 0 Å². The van der Waals surface area contributed by atoms with Gasteiger partial charge in [0.15, 0.2) is 0 Å². The molecule has 1 aliphatic rings. The van der Waals surface area contributed by atoms with Gasteiger partial charge in [-0.1, -0.05) is 30.5 Å². The van der Waals surface area contributed by atoms with E-state index in [9.17, 15) is 9.90 Å². The average molecular weight is 254 g/mol. The van der Waals surface area contributed by atoms with Crippen LogP contribution in [0.2, 0.25) is 5.02 Å². The van der Waals surface area contributed by atoms with E-state index in [4.69, 9.17) is 11.6 Å². The Balaban J connectivity index is 2.36. The van der Waals surface area contributed by atoms with Crippen LogP contribution in [0, 0.1) is 0 Å². The van der Waals surface area contributed by atoms with Crippen molar-refractivity contribution >= 4 is 23.3 Å². The molecule has 1 saturated heterocycles. The summed E-state index contributed by atoms with van der Waals surface area (Å²) in [7, 11) is 0. The molecule has 0 unspecified atom stereocenters. The average Bonchev–Trinajstić information content (AvgIpc) is 2.56. The summed E-state index contributed by atoms with van der Waals surface area (Å²) in [6, 6.07) is 5.29. The normalized spacial score (nSPS) is 16.6. The lowest BCUT2D eigenvalue weighted by molar-refractivity contribution is 0.0697. The Morgan fingerprint density at radius 2 is 1.82 bits per heavy atom. The summed E-state index contributed by atoms with van der Waals surface area (Å²) in [5.74, 6) is -0.949. The van der Waals surface area contributed by atoms with Crippen LogP contribution < -0.4 is 4.90 Å². The lowest BCUT2D eigenvalue weighted by atomic mass is 10.1. The third-order valence-corrected chi connectivity index (χ3v) is 3.47. The van der Waals surface area contributed by atoms with E-state index in [2.05, 4.69) is 4.90 Å². The minimum atomic E-state index is -0.949. The van der Waals surface area contributed by atoms with Gasteiger partial charge in [-0.05, 0) is 25.0 Å². The minimum absolute atomic E-state index is 0.232. The van der Waals surface area contributed by atoms with Crippen molar-refractivity contribution in [2.45, 2.75) is 25.7 Å². The zero-order valence-corrected chi connectivity index (χ0v) is 10.4. The van der Waals surface area contributed by atoms with Crippen molar-refractivity contribution in [1.29, 1.82) is 0 Å². The second-order valence-electron chi connectivity index (χ2n) is 4.34. The predicted octanol–water partition coefficient (Wildman–Crippen LogP) is 3.42. The first-order chi connectivity index (χ1) is 8.20. The molecule has 0 aromatic heterocycles. The summed E-state index contributed by atoms with van der Waals surface area (Å²) in [6.07, 6.45) is 4.68. The summed E-state index contributed by atoms with van der Waals surface area (Å²) in [6.45, 7) is 1.83. The molecular weight excluding hydrogens is 238 g/mol. The number of halogens is 1. The molecule has 0 bridgehead atoms. The fraction of sp³-hybridized carbons (Fsp3) is 0.462. The maximum atomic E-state index is 11.3. The Labute approximate surface area is 106 Å². The highest BCUT2D eigenvalue weighted by molar-refractivity contribution is 6.34. The van der Waals surface area contributed by atoms with E-state index < -0.39 is 5.97 Å². The molecule has 0 aliphatic carbocycles. The molecule has 1 fully saturated rings. The van der Waals surface area contributed by atoms with E-state index in [0.717, 1.165) is 31.6 Å². The molecule has 1 aromatic carbocycles. The van der Waals surface area contributed by atoms with Crippen molar-refractivity contribution in [3.05, 3.63) is 28.8 Å². The second-order valence-corrected chi connectivity index (χ2v) is 4.75. The molecule has 17 heavy (non-hydrogen) atoms. The van der Waals surface area contributed by atoms with Crippen LogP contribution in [0.5, 0.6) is 0 Å². The molecule has 0 atom stereocenters. The van der Waals surface area contributed by atoms with Crippen molar-refractivity contribution in [3.8, 4) is 0 Å². The van der Waals surface area contributed by atoms with Crippen molar-refractivity contribution in [2.75, 3.05) is 18.0 Å². The van der Waals surface area contributed by atoms with E-state index >= 15 is 0 Å². The van der Waals surface area contributed by atoms with Crippen LogP contribution in [0.25, 0.3) is 0 Å². The van der Waals surface area contributed by atoms with Crippen LogP contribution in [0.4, 0.5) is 5.69 Å². The molecule has 2 rings (SSSR count). The van der Waals surface area contributed by atoms with Crippen LogP contribution in [0.3, 0.4) is 0 Å². The minimum Gasteiger partial charge on any atom is -0.478 e. The molecular formula is C13H16ClNO2. The lowest BCUT2D eigenvalue weighted by Gasteiger charge is -2.24. The highest BCUT2D eigenvalue weighted by Crippen LogP contribution is 2.29. The molecule has 1 heterocycles. The second kappa shape index (κ2) is 5.41. The van der Waals surface area contributed by atoms with Crippen LogP contribution >= 0.6 is 11.6 Å². The van der Waals surface area contributed by atoms with Crippen LogP contribution in [0.15, 0.2) is 18.2 Å². The summed E-state index contributed by atoms with van der Waals surface area (Å²) >= 11 is 5.98. The van der Waals surface area contributed by atoms with E-state index in [1.165, 1.54) is 12.8 Å². The monoisotopic (exact) mass is 253 g/mol. The number of carboxylic acids is 1. The summed E-state index contributed by atoms with van der Waals surface area (Å²) in [5, 5.41) is 9.56. The first-order valence-corrected chi connectivity index (χ1v) is 6.34. The summed E-state index contributed by atoms with van der Waals surface area (Å²) < 4.78 is 0. The SMILES string of the molecule is O=C(O)c1c(Cl)cccc1N1CCCCCC1. The first kappa shape index (κ1) is 12.2. The van der Waals surface area contributed by atoms with E-state index in [-0.39, 0.29) is 5.56 Å². The van der Waals surface area contributed by atoms with Crippen LogP contribution in [-0.4, -0.2) is 24.2 Å².